The van der Waals surface area contributed by atoms with Crippen LogP contribution in [0.4, 0.5) is 0 Å². The first-order chi connectivity index (χ1) is 11.6. The Balaban J connectivity index is 2.48. The highest BCUT2D eigenvalue weighted by atomic mass is 16.5. The van der Waals surface area contributed by atoms with Crippen LogP contribution < -0.4 is 20.9 Å². The number of carbonyl (C=O) groups is 1. The van der Waals surface area contributed by atoms with E-state index in [2.05, 4.69) is 17.3 Å². The number of amides is 1. The van der Waals surface area contributed by atoms with Gasteiger partial charge in [-0.15, -0.1) is 6.58 Å². The summed E-state index contributed by atoms with van der Waals surface area (Å²) in [6.45, 7) is 3.79. The highest BCUT2D eigenvalue weighted by molar-refractivity contribution is 5.95. The van der Waals surface area contributed by atoms with Crippen LogP contribution >= 0.6 is 0 Å². The van der Waals surface area contributed by atoms with E-state index in [-0.39, 0.29) is 22.9 Å². The Hall–Kier alpha value is -3.02. The average molecular weight is 327 g/mol. The molecule has 1 heterocycles. The summed E-state index contributed by atoms with van der Waals surface area (Å²) in [5, 5.41) is 2.53. The van der Waals surface area contributed by atoms with Crippen molar-refractivity contribution in [1.82, 2.24) is 9.99 Å². The predicted octanol–water partition coefficient (Wildman–Crippen LogP) is 2.08. The first kappa shape index (κ1) is 17.3. The van der Waals surface area contributed by atoms with Crippen LogP contribution in [-0.2, 0) is 0 Å². The Kier molecular flexibility index (Phi) is 5.78. The standard InChI is InChI=1S/C18H21N3O3/c1-4-8-14(13-9-6-5-7-10-13)20-21-12-11-15(22)17(24-3)16(21)18(23)19-2/h4-7,9-12,14,20H,1,8H2,2-3H3,(H,19,23). The van der Waals surface area contributed by atoms with E-state index in [0.717, 1.165) is 5.56 Å². The molecule has 0 aliphatic rings. The molecule has 0 saturated carbocycles. The van der Waals surface area contributed by atoms with Crippen LogP contribution in [0, 0.1) is 0 Å². The maximum absolute atomic E-state index is 12.2. The Labute approximate surface area is 140 Å². The van der Waals surface area contributed by atoms with Gasteiger partial charge in [0.15, 0.2) is 11.4 Å². The van der Waals surface area contributed by atoms with Crippen molar-refractivity contribution in [2.24, 2.45) is 0 Å². The van der Waals surface area contributed by atoms with Crippen molar-refractivity contribution in [3.63, 3.8) is 0 Å². The second-order valence-electron chi connectivity index (χ2n) is 5.13. The van der Waals surface area contributed by atoms with Gasteiger partial charge in [0.1, 0.15) is 0 Å². The number of methoxy groups -OCH3 is 1. The lowest BCUT2D eigenvalue weighted by atomic mass is 10.0. The Morgan fingerprint density at radius 2 is 2.04 bits per heavy atom. The second-order valence-corrected chi connectivity index (χ2v) is 5.13. The van der Waals surface area contributed by atoms with Crippen LogP contribution in [0.1, 0.15) is 28.5 Å². The number of hydrogen-bond acceptors (Lipinski definition) is 4. The smallest absolute Gasteiger partial charge is 0.273 e. The third kappa shape index (κ3) is 3.65. The van der Waals surface area contributed by atoms with Gasteiger partial charge in [0.05, 0.1) is 13.2 Å². The van der Waals surface area contributed by atoms with E-state index in [4.69, 9.17) is 4.74 Å². The van der Waals surface area contributed by atoms with Gasteiger partial charge in [0, 0.05) is 19.3 Å². The zero-order valence-corrected chi connectivity index (χ0v) is 13.8. The molecule has 1 aromatic heterocycles. The van der Waals surface area contributed by atoms with Crippen LogP contribution in [0.25, 0.3) is 0 Å². The van der Waals surface area contributed by atoms with E-state index >= 15 is 0 Å². The average Bonchev–Trinajstić information content (AvgIpc) is 2.62. The first-order valence-corrected chi connectivity index (χ1v) is 7.56. The number of hydrogen-bond donors (Lipinski definition) is 2. The zero-order chi connectivity index (χ0) is 17.5. The van der Waals surface area contributed by atoms with Gasteiger partial charge in [-0.2, -0.15) is 0 Å². The summed E-state index contributed by atoms with van der Waals surface area (Å²) in [5.41, 5.74) is 4.06. The molecular weight excluding hydrogens is 306 g/mol. The molecule has 0 saturated heterocycles. The fraction of sp³-hybridized carbons (Fsp3) is 0.222. The highest BCUT2D eigenvalue weighted by Gasteiger charge is 2.20. The van der Waals surface area contributed by atoms with Crippen LogP contribution in [0.2, 0.25) is 0 Å². The number of pyridine rings is 1. The van der Waals surface area contributed by atoms with Crippen LogP contribution in [0.5, 0.6) is 5.75 Å². The molecule has 24 heavy (non-hydrogen) atoms. The first-order valence-electron chi connectivity index (χ1n) is 7.56. The minimum absolute atomic E-state index is 0.00485. The van der Waals surface area contributed by atoms with Crippen LogP contribution in [0.3, 0.4) is 0 Å². The lowest BCUT2D eigenvalue weighted by Crippen LogP contribution is -2.32. The van der Waals surface area contributed by atoms with E-state index in [0.29, 0.717) is 6.42 Å². The van der Waals surface area contributed by atoms with E-state index < -0.39 is 5.91 Å². The molecule has 1 atom stereocenters. The summed E-state index contributed by atoms with van der Waals surface area (Å²) >= 11 is 0. The van der Waals surface area contributed by atoms with Crippen molar-refractivity contribution in [3.05, 3.63) is 76.7 Å². The highest BCUT2D eigenvalue weighted by Crippen LogP contribution is 2.20. The second kappa shape index (κ2) is 8.01. The molecule has 0 bridgehead atoms. The largest absolute Gasteiger partial charge is 0.491 e. The number of benzene rings is 1. The minimum atomic E-state index is -0.414. The molecule has 0 aliphatic carbocycles. The lowest BCUT2D eigenvalue weighted by Gasteiger charge is -2.23. The molecular formula is C18H21N3O3. The van der Waals surface area contributed by atoms with E-state index in [9.17, 15) is 9.59 Å². The lowest BCUT2D eigenvalue weighted by molar-refractivity contribution is 0.0950. The summed E-state index contributed by atoms with van der Waals surface area (Å²) < 4.78 is 6.65. The monoisotopic (exact) mass is 327 g/mol. The van der Waals surface area contributed by atoms with Crippen molar-refractivity contribution in [1.29, 1.82) is 0 Å². The molecule has 2 rings (SSSR count). The fourth-order valence-electron chi connectivity index (χ4n) is 2.44. The van der Waals surface area contributed by atoms with E-state index in [1.54, 1.807) is 6.08 Å². The Bertz CT molecular complexity index is 769. The molecule has 6 heteroatoms. The molecule has 0 fully saturated rings. The Morgan fingerprint density at radius 1 is 1.33 bits per heavy atom. The number of nitrogens with one attached hydrogen (secondary N) is 2. The van der Waals surface area contributed by atoms with Crippen molar-refractivity contribution in [3.8, 4) is 5.75 Å². The van der Waals surface area contributed by atoms with Gasteiger partial charge in [-0.3, -0.25) is 14.3 Å². The topological polar surface area (TPSA) is 72.4 Å². The van der Waals surface area contributed by atoms with Crippen molar-refractivity contribution >= 4 is 5.91 Å². The predicted molar refractivity (Wildman–Crippen MR) is 94.0 cm³/mol. The molecule has 1 amide bonds. The van der Waals surface area contributed by atoms with Crippen molar-refractivity contribution < 1.29 is 9.53 Å². The molecule has 0 spiro atoms. The molecule has 126 valence electrons. The van der Waals surface area contributed by atoms with Crippen molar-refractivity contribution in [2.45, 2.75) is 12.5 Å². The van der Waals surface area contributed by atoms with Gasteiger partial charge < -0.3 is 15.5 Å². The van der Waals surface area contributed by atoms with Gasteiger partial charge in [-0.1, -0.05) is 36.4 Å². The quantitative estimate of drug-likeness (QED) is 0.764. The maximum atomic E-state index is 12.2. The fourth-order valence-corrected chi connectivity index (χ4v) is 2.44. The molecule has 0 radical (unpaired) electrons. The molecule has 2 aromatic rings. The van der Waals surface area contributed by atoms with E-state index in [1.165, 1.54) is 31.1 Å². The molecule has 6 nitrogen and oxygen atoms in total. The minimum Gasteiger partial charge on any atom is -0.491 e. The number of rotatable bonds is 7. The third-order valence-electron chi connectivity index (χ3n) is 3.60. The van der Waals surface area contributed by atoms with Crippen LogP contribution in [-0.4, -0.2) is 24.7 Å². The molecule has 1 aromatic carbocycles. The van der Waals surface area contributed by atoms with Crippen LogP contribution in [0.15, 0.2) is 60.0 Å². The van der Waals surface area contributed by atoms with Gasteiger partial charge >= 0.3 is 0 Å². The number of nitrogens with zero attached hydrogens (tertiary/aromatic N) is 1. The molecule has 2 N–H and O–H groups in total. The number of carbonyl (C=O) groups excluding carboxylic acids is 1. The normalized spacial score (nSPS) is 11.4. The summed E-state index contributed by atoms with van der Waals surface area (Å²) in [4.78, 5) is 24.2. The Morgan fingerprint density at radius 3 is 2.62 bits per heavy atom. The van der Waals surface area contributed by atoms with Crippen molar-refractivity contribution in [2.75, 3.05) is 19.6 Å². The molecule has 1 unspecified atom stereocenters. The summed E-state index contributed by atoms with van der Waals surface area (Å²) in [6.07, 6.45) is 3.96. The van der Waals surface area contributed by atoms with Gasteiger partial charge in [0.2, 0.25) is 5.43 Å². The zero-order valence-electron chi connectivity index (χ0n) is 13.8. The number of ether oxygens (including phenoxy) is 1. The van der Waals surface area contributed by atoms with Gasteiger partial charge in [-0.25, -0.2) is 0 Å². The third-order valence-corrected chi connectivity index (χ3v) is 3.60. The summed E-state index contributed by atoms with van der Waals surface area (Å²) in [6, 6.07) is 11.0. The maximum Gasteiger partial charge on any atom is 0.273 e. The SMILES string of the molecule is C=CCC(Nn1ccc(=O)c(OC)c1C(=O)NC)c1ccccc1. The van der Waals surface area contributed by atoms with Gasteiger partial charge in [0.25, 0.3) is 5.91 Å². The summed E-state index contributed by atoms with van der Waals surface area (Å²) in [5.74, 6) is -0.419. The summed E-state index contributed by atoms with van der Waals surface area (Å²) in [7, 11) is 2.87. The van der Waals surface area contributed by atoms with E-state index in [1.807, 2.05) is 30.3 Å². The molecule has 0 aliphatic heterocycles. The van der Waals surface area contributed by atoms with Gasteiger partial charge in [-0.05, 0) is 12.0 Å². The number of aromatic nitrogens is 1.